The third-order valence-electron chi connectivity index (χ3n) is 2.40. The second kappa shape index (κ2) is 10.1. The van der Waals surface area contributed by atoms with Crippen molar-refractivity contribution in [3.8, 4) is 0 Å². The number of amides is 1. The van der Waals surface area contributed by atoms with E-state index < -0.39 is 51.6 Å². The second-order valence-electron chi connectivity index (χ2n) is 4.06. The van der Waals surface area contributed by atoms with Crippen LogP contribution in [-0.4, -0.2) is 72.2 Å². The molecule has 13 N–H and O–H groups in total. The van der Waals surface area contributed by atoms with Crippen molar-refractivity contribution in [3.63, 3.8) is 0 Å². The molecule has 1 amide bonds. The summed E-state index contributed by atoms with van der Waals surface area (Å²) in [5.74, 6) is -1.97. The Kier molecular flexibility index (Phi) is 11.8. The van der Waals surface area contributed by atoms with E-state index in [0.29, 0.717) is 0 Å². The van der Waals surface area contributed by atoms with E-state index in [1.165, 1.54) is 0 Å². The Hall–Kier alpha value is -0.920. The van der Waals surface area contributed by atoms with E-state index in [2.05, 4.69) is 5.32 Å². The minimum Gasteiger partial charge on any atom is -0.480 e. The maximum absolute atomic E-state index is 11.1. The minimum atomic E-state index is -5.30. The van der Waals surface area contributed by atoms with Gasteiger partial charge >= 0.3 is 21.2 Å². The number of carbonyl (C=O) groups is 2. The van der Waals surface area contributed by atoms with Gasteiger partial charge in [0.15, 0.2) is 0 Å². The zero-order chi connectivity index (χ0) is 16.9. The summed E-state index contributed by atoms with van der Waals surface area (Å²) in [6, 6.07) is 0. The summed E-state index contributed by atoms with van der Waals surface area (Å²) in [6.07, 6.45) is -0.798. The number of carboxylic acid groups (broad SMARTS) is 1. The van der Waals surface area contributed by atoms with Crippen LogP contribution in [0.5, 0.6) is 0 Å². The Labute approximate surface area is 130 Å². The largest absolute Gasteiger partial charge is 0.480 e. The minimum absolute atomic E-state index is 0. The first-order valence-corrected chi connectivity index (χ1v) is 8.63. The molecule has 0 unspecified atom stereocenters. The highest BCUT2D eigenvalue weighted by Gasteiger charge is 2.56. The van der Waals surface area contributed by atoms with Crippen LogP contribution in [0.3, 0.4) is 0 Å². The summed E-state index contributed by atoms with van der Waals surface area (Å²) >= 11 is 0. The zero-order valence-electron chi connectivity index (χ0n) is 11.7. The Morgan fingerprint density at radius 2 is 1.43 bits per heavy atom. The first-order chi connectivity index (χ1) is 9.31. The number of hydrogen-bond acceptors (Lipinski definition) is 6. The van der Waals surface area contributed by atoms with Crippen molar-refractivity contribution in [3.05, 3.63) is 0 Å². The molecule has 0 fully saturated rings. The predicted octanol–water partition coefficient (Wildman–Crippen LogP) is -4.51. The summed E-state index contributed by atoms with van der Waals surface area (Å²) < 4.78 is 22.2. The zero-order valence-corrected chi connectivity index (χ0v) is 13.5. The van der Waals surface area contributed by atoms with E-state index in [4.69, 9.17) is 30.4 Å². The van der Waals surface area contributed by atoms with Crippen molar-refractivity contribution in [1.82, 2.24) is 10.6 Å². The molecule has 16 heteroatoms. The predicted molar refractivity (Wildman–Crippen MR) is 76.4 cm³/mol. The lowest BCUT2D eigenvalue weighted by molar-refractivity contribution is -0.137. The van der Waals surface area contributed by atoms with Crippen molar-refractivity contribution in [2.24, 2.45) is 5.73 Å². The van der Waals surface area contributed by atoms with Crippen LogP contribution >= 0.6 is 15.2 Å². The fourth-order valence-electron chi connectivity index (χ4n) is 1.17. The topological polar surface area (TPSA) is 283 Å². The van der Waals surface area contributed by atoms with Crippen LogP contribution in [-0.2, 0) is 18.7 Å². The summed E-state index contributed by atoms with van der Waals surface area (Å²) in [6.45, 7) is -1.40. The van der Waals surface area contributed by atoms with Crippen LogP contribution in [0.15, 0.2) is 0 Å². The number of carboxylic acids is 1. The maximum atomic E-state index is 11.1. The molecule has 0 radical (unpaired) electrons. The molecule has 140 valence electrons. The number of carbonyl (C=O) groups excluding carboxylic acids is 1. The van der Waals surface area contributed by atoms with Gasteiger partial charge in [0.25, 0.3) is 0 Å². The molecule has 0 heterocycles. The number of hydrogen-bond donors (Lipinski definition) is 8. The molecule has 0 saturated carbocycles. The lowest BCUT2D eigenvalue weighted by atomic mass is 10.4. The van der Waals surface area contributed by atoms with E-state index in [1.54, 1.807) is 0 Å². The van der Waals surface area contributed by atoms with Gasteiger partial charge in [-0.05, 0) is 6.54 Å². The number of aliphatic carboxylic acids is 1. The van der Waals surface area contributed by atoms with Crippen LogP contribution in [0.25, 0.3) is 0 Å². The van der Waals surface area contributed by atoms with Crippen molar-refractivity contribution >= 4 is 27.1 Å². The molecule has 0 aliphatic carbocycles. The first-order valence-electron chi connectivity index (χ1n) is 5.40. The maximum Gasteiger partial charge on any atom is 0.357 e. The third kappa shape index (κ3) is 8.48. The van der Waals surface area contributed by atoms with Crippen molar-refractivity contribution < 1.29 is 54.4 Å². The van der Waals surface area contributed by atoms with Crippen LogP contribution in [0.2, 0.25) is 0 Å². The monoisotopic (exact) mass is 385 g/mol. The SMILES string of the molecule is NC(CCNCC(=O)NCC(=O)O)(P(=O)(O)O)P(=O)(O)O.O.O. The Morgan fingerprint density at radius 3 is 1.78 bits per heavy atom. The Morgan fingerprint density at radius 1 is 1.00 bits per heavy atom. The molecule has 0 aliphatic heterocycles. The van der Waals surface area contributed by atoms with Gasteiger partial charge in [-0.2, -0.15) is 0 Å². The molecule has 23 heavy (non-hydrogen) atoms. The first kappa shape index (κ1) is 27.0. The molecule has 0 aromatic rings. The second-order valence-corrected chi connectivity index (χ2v) is 8.19. The lowest BCUT2D eigenvalue weighted by Crippen LogP contribution is -2.43. The molecular weight excluding hydrogens is 364 g/mol. The normalized spacial score (nSPS) is 11.9. The molecule has 0 aromatic heterocycles. The molecule has 0 saturated heterocycles. The van der Waals surface area contributed by atoms with Gasteiger partial charge in [-0.15, -0.1) is 0 Å². The highest BCUT2D eigenvalue weighted by molar-refractivity contribution is 7.72. The van der Waals surface area contributed by atoms with Gasteiger partial charge < -0.3 is 52.0 Å². The Balaban J connectivity index is -0.00000200. The quantitative estimate of drug-likeness (QED) is 0.138. The van der Waals surface area contributed by atoms with Crippen molar-refractivity contribution in [2.45, 2.75) is 11.4 Å². The highest BCUT2D eigenvalue weighted by Crippen LogP contribution is 2.67. The molecule has 14 nitrogen and oxygen atoms in total. The summed E-state index contributed by atoms with van der Waals surface area (Å²) in [4.78, 5) is 57.0. The van der Waals surface area contributed by atoms with Crippen molar-refractivity contribution in [1.29, 1.82) is 0 Å². The molecule has 0 atom stereocenters. The number of rotatable bonds is 9. The van der Waals surface area contributed by atoms with E-state index in [1.807, 2.05) is 5.32 Å². The summed E-state index contributed by atoms with van der Waals surface area (Å²) in [5, 5.41) is 9.58. The van der Waals surface area contributed by atoms with E-state index in [9.17, 15) is 18.7 Å². The molecular formula is C7H21N3O11P2. The van der Waals surface area contributed by atoms with Gasteiger partial charge in [-0.1, -0.05) is 0 Å². The fourth-order valence-corrected chi connectivity index (χ4v) is 3.34. The van der Waals surface area contributed by atoms with E-state index in [0.717, 1.165) is 0 Å². The summed E-state index contributed by atoms with van der Waals surface area (Å²) in [7, 11) is -10.6. The molecule has 0 spiro atoms. The number of nitrogens with one attached hydrogen (secondary N) is 2. The van der Waals surface area contributed by atoms with Crippen LogP contribution in [0, 0.1) is 0 Å². The van der Waals surface area contributed by atoms with Gasteiger partial charge in [0, 0.05) is 6.42 Å². The fraction of sp³-hybridized carbons (Fsp3) is 0.714. The molecule has 0 aliphatic rings. The van der Waals surface area contributed by atoms with E-state index >= 15 is 0 Å². The highest BCUT2D eigenvalue weighted by atomic mass is 31.2. The van der Waals surface area contributed by atoms with Gasteiger partial charge in [0.1, 0.15) is 6.54 Å². The molecule has 0 rings (SSSR count). The average Bonchev–Trinajstić information content (AvgIpc) is 2.28. The Bertz CT molecular complexity index is 464. The van der Waals surface area contributed by atoms with Crippen LogP contribution < -0.4 is 16.4 Å². The van der Waals surface area contributed by atoms with Gasteiger partial charge in [0.05, 0.1) is 6.54 Å². The molecule has 0 aromatic carbocycles. The van der Waals surface area contributed by atoms with Gasteiger partial charge in [-0.3, -0.25) is 18.7 Å². The average molecular weight is 385 g/mol. The smallest absolute Gasteiger partial charge is 0.357 e. The summed E-state index contributed by atoms with van der Waals surface area (Å²) in [5.41, 5.74) is 5.12. The van der Waals surface area contributed by atoms with E-state index in [-0.39, 0.29) is 17.5 Å². The lowest BCUT2D eigenvalue weighted by Gasteiger charge is -2.30. The number of nitrogens with two attached hydrogens (primary N) is 1. The van der Waals surface area contributed by atoms with Gasteiger partial charge in [0.2, 0.25) is 10.9 Å². The van der Waals surface area contributed by atoms with Crippen molar-refractivity contribution in [2.75, 3.05) is 19.6 Å². The van der Waals surface area contributed by atoms with Crippen LogP contribution in [0.1, 0.15) is 6.42 Å². The van der Waals surface area contributed by atoms with Crippen LogP contribution in [0.4, 0.5) is 0 Å². The van der Waals surface area contributed by atoms with Gasteiger partial charge in [-0.25, -0.2) is 0 Å². The third-order valence-corrected chi connectivity index (χ3v) is 6.43. The molecule has 0 bridgehead atoms. The standard InChI is InChI=1S/C7H17N3O9P2.2H2O/c8-7(20(14,15)16,21(17,18)19)1-2-9-3-5(11)10-4-6(12)13;;/h9H,1-4,8H2,(H,10,11)(H,12,13)(H2,14,15,16)(H2,17,18,19);2*1H2.